The normalized spacial score (nSPS) is 10.5. The predicted octanol–water partition coefficient (Wildman–Crippen LogP) is 1.86. The van der Waals surface area contributed by atoms with Crippen molar-refractivity contribution in [2.24, 2.45) is 0 Å². The summed E-state index contributed by atoms with van der Waals surface area (Å²) in [5.74, 6) is 0. The van der Waals surface area contributed by atoms with Gasteiger partial charge in [0.15, 0.2) is 0 Å². The molecule has 4 heteroatoms. The molecule has 0 fully saturated rings. The second kappa shape index (κ2) is 6.33. The Bertz CT molecular complexity index is 439. The van der Waals surface area contributed by atoms with E-state index in [1.807, 2.05) is 36.2 Å². The summed E-state index contributed by atoms with van der Waals surface area (Å²) in [5.41, 5.74) is 2.79. The van der Waals surface area contributed by atoms with Crippen molar-refractivity contribution in [2.75, 3.05) is 25.5 Å². The number of nitrogens with zero attached hydrogens (tertiary/aromatic N) is 2. The Balaban J connectivity index is 2.91. The van der Waals surface area contributed by atoms with Crippen LogP contribution in [0.15, 0.2) is 30.5 Å². The van der Waals surface area contributed by atoms with Crippen LogP contribution in [0.25, 0.3) is 5.57 Å². The highest BCUT2D eigenvalue weighted by Gasteiger charge is 2.01. The third kappa shape index (κ3) is 3.35. The van der Waals surface area contributed by atoms with Gasteiger partial charge in [0, 0.05) is 37.8 Å². The molecule has 0 aliphatic heterocycles. The summed E-state index contributed by atoms with van der Waals surface area (Å²) in [6.45, 7) is 0.364. The molecular formula is C13H16N4. The van der Waals surface area contributed by atoms with Gasteiger partial charge in [0.2, 0.25) is 0 Å². The van der Waals surface area contributed by atoms with Crippen LogP contribution in [0.4, 0.5) is 5.69 Å². The Morgan fingerprint density at radius 1 is 1.47 bits per heavy atom. The zero-order chi connectivity index (χ0) is 12.7. The smallest absolute Gasteiger partial charge is 0.105 e. The van der Waals surface area contributed by atoms with Crippen molar-refractivity contribution >= 4 is 17.5 Å². The highest BCUT2D eigenvalue weighted by Crippen LogP contribution is 2.17. The average molecular weight is 228 g/mol. The van der Waals surface area contributed by atoms with Gasteiger partial charge in [0.05, 0.1) is 6.07 Å². The molecular weight excluding hydrogens is 212 g/mol. The van der Waals surface area contributed by atoms with Gasteiger partial charge in [0.1, 0.15) is 6.54 Å². The van der Waals surface area contributed by atoms with Crippen LogP contribution in [0, 0.1) is 16.7 Å². The second-order valence-corrected chi connectivity index (χ2v) is 3.59. The molecule has 0 atom stereocenters. The zero-order valence-corrected chi connectivity index (χ0v) is 10.1. The lowest BCUT2D eigenvalue weighted by atomic mass is 10.1. The molecule has 0 aromatic heterocycles. The van der Waals surface area contributed by atoms with E-state index in [0.717, 1.165) is 16.8 Å². The van der Waals surface area contributed by atoms with E-state index in [0.29, 0.717) is 6.54 Å². The van der Waals surface area contributed by atoms with Crippen molar-refractivity contribution in [2.45, 2.75) is 0 Å². The molecule has 0 saturated heterocycles. The molecule has 0 heterocycles. The summed E-state index contributed by atoms with van der Waals surface area (Å²) in [5, 5.41) is 18.8. The first-order chi connectivity index (χ1) is 8.22. The maximum absolute atomic E-state index is 8.61. The molecule has 88 valence electrons. The molecule has 0 spiro atoms. The fourth-order valence-corrected chi connectivity index (χ4v) is 1.47. The van der Waals surface area contributed by atoms with E-state index in [1.54, 1.807) is 13.2 Å². The molecule has 1 aromatic rings. The van der Waals surface area contributed by atoms with Gasteiger partial charge in [-0.05, 0) is 17.7 Å². The van der Waals surface area contributed by atoms with E-state index in [-0.39, 0.29) is 0 Å². The second-order valence-electron chi connectivity index (χ2n) is 3.59. The average Bonchev–Trinajstić information content (AvgIpc) is 2.36. The number of nitrogens with one attached hydrogen (secondary N) is 2. The highest BCUT2D eigenvalue weighted by molar-refractivity contribution is 6.08. The zero-order valence-electron chi connectivity index (χ0n) is 10.1. The van der Waals surface area contributed by atoms with Gasteiger partial charge in [-0.15, -0.1) is 0 Å². The lowest BCUT2D eigenvalue weighted by molar-refractivity contribution is 1.04. The monoisotopic (exact) mass is 228 g/mol. The first-order valence-electron chi connectivity index (χ1n) is 5.29. The van der Waals surface area contributed by atoms with Gasteiger partial charge in [-0.25, -0.2) is 0 Å². The number of hydrogen-bond acceptors (Lipinski definition) is 4. The molecule has 1 aromatic carbocycles. The lowest BCUT2D eigenvalue weighted by Crippen LogP contribution is -2.16. The predicted molar refractivity (Wildman–Crippen MR) is 71.1 cm³/mol. The molecule has 0 bridgehead atoms. The number of benzene rings is 1. The van der Waals surface area contributed by atoms with Gasteiger partial charge in [-0.3, -0.25) is 0 Å². The van der Waals surface area contributed by atoms with Crippen LogP contribution in [-0.2, 0) is 0 Å². The molecule has 2 N–H and O–H groups in total. The van der Waals surface area contributed by atoms with E-state index in [4.69, 9.17) is 10.7 Å². The molecule has 0 unspecified atom stereocenters. The van der Waals surface area contributed by atoms with Crippen LogP contribution in [-0.4, -0.2) is 26.9 Å². The summed E-state index contributed by atoms with van der Waals surface area (Å²) in [7, 11) is 3.68. The first-order valence-corrected chi connectivity index (χ1v) is 5.29. The molecule has 17 heavy (non-hydrogen) atoms. The van der Waals surface area contributed by atoms with Crippen molar-refractivity contribution in [3.63, 3.8) is 0 Å². The fraction of sp³-hybridized carbons (Fsp3) is 0.231. The third-order valence-corrected chi connectivity index (χ3v) is 2.40. The summed E-state index contributed by atoms with van der Waals surface area (Å²) in [4.78, 5) is 1.87. The van der Waals surface area contributed by atoms with E-state index in [1.165, 1.54) is 6.21 Å². The van der Waals surface area contributed by atoms with Crippen LogP contribution in [0.5, 0.6) is 0 Å². The van der Waals surface area contributed by atoms with Crippen LogP contribution in [0.1, 0.15) is 5.56 Å². The van der Waals surface area contributed by atoms with Crippen molar-refractivity contribution in [3.05, 3.63) is 36.0 Å². The summed E-state index contributed by atoms with van der Waals surface area (Å²) >= 11 is 0. The molecule has 0 radical (unpaired) electrons. The number of allylic oxidation sites excluding steroid dienone is 1. The van der Waals surface area contributed by atoms with E-state index in [2.05, 4.69) is 11.4 Å². The summed E-state index contributed by atoms with van der Waals surface area (Å²) in [6.07, 6.45) is 3.09. The number of anilines is 1. The minimum atomic E-state index is 0.364. The van der Waals surface area contributed by atoms with E-state index in [9.17, 15) is 0 Å². The van der Waals surface area contributed by atoms with Crippen molar-refractivity contribution in [1.29, 1.82) is 10.7 Å². The Morgan fingerprint density at radius 3 is 2.59 bits per heavy atom. The summed E-state index contributed by atoms with van der Waals surface area (Å²) in [6, 6.07) is 9.88. The maximum atomic E-state index is 8.61. The quantitative estimate of drug-likeness (QED) is 0.597. The summed E-state index contributed by atoms with van der Waals surface area (Å²) < 4.78 is 0. The molecule has 4 nitrogen and oxygen atoms in total. The molecule has 0 aliphatic carbocycles. The van der Waals surface area contributed by atoms with Gasteiger partial charge in [0.25, 0.3) is 0 Å². The third-order valence-electron chi connectivity index (χ3n) is 2.40. The Morgan fingerprint density at radius 2 is 2.12 bits per heavy atom. The lowest BCUT2D eigenvalue weighted by Gasteiger charge is -2.15. The Hall–Kier alpha value is -2.28. The largest absolute Gasteiger partial charge is 0.393 e. The Labute approximate surface area is 102 Å². The van der Waals surface area contributed by atoms with Crippen LogP contribution < -0.4 is 10.2 Å². The molecule has 1 rings (SSSR count). The van der Waals surface area contributed by atoms with E-state index >= 15 is 0 Å². The molecule has 0 saturated carbocycles. The molecule has 0 aliphatic rings. The fourth-order valence-electron chi connectivity index (χ4n) is 1.47. The van der Waals surface area contributed by atoms with Crippen LogP contribution in [0.3, 0.4) is 0 Å². The van der Waals surface area contributed by atoms with Crippen molar-refractivity contribution in [3.8, 4) is 6.07 Å². The molecule has 0 amide bonds. The standard InChI is InChI=1S/C13H16N4/c1-16-10-12(9-15)11-3-5-13(6-4-11)17(2)8-7-14/h3-6,9-10,15-16H,8H2,1-2H3/b12-10+,15-9?. The minimum Gasteiger partial charge on any atom is -0.393 e. The first kappa shape index (κ1) is 12.8. The van der Waals surface area contributed by atoms with E-state index < -0.39 is 0 Å². The topological polar surface area (TPSA) is 62.9 Å². The van der Waals surface area contributed by atoms with Crippen molar-refractivity contribution in [1.82, 2.24) is 5.32 Å². The minimum absolute atomic E-state index is 0.364. The van der Waals surface area contributed by atoms with Gasteiger partial charge in [-0.1, -0.05) is 12.1 Å². The van der Waals surface area contributed by atoms with Gasteiger partial charge >= 0.3 is 0 Å². The van der Waals surface area contributed by atoms with Gasteiger partial charge in [-0.2, -0.15) is 5.26 Å². The van der Waals surface area contributed by atoms with Crippen LogP contribution >= 0.6 is 0 Å². The SMILES string of the molecule is CN/C=C(\C=N)c1ccc(N(C)CC#N)cc1. The highest BCUT2D eigenvalue weighted by atomic mass is 15.1. The van der Waals surface area contributed by atoms with Crippen molar-refractivity contribution < 1.29 is 0 Å². The number of hydrogen-bond donors (Lipinski definition) is 2. The number of nitriles is 1. The Kier molecular flexibility index (Phi) is 4.77. The van der Waals surface area contributed by atoms with Crippen LogP contribution in [0.2, 0.25) is 0 Å². The van der Waals surface area contributed by atoms with Gasteiger partial charge < -0.3 is 15.6 Å². The number of rotatable bonds is 5. The maximum Gasteiger partial charge on any atom is 0.105 e.